The Morgan fingerprint density at radius 2 is 1.88 bits per heavy atom. The Balaban J connectivity index is 3.43. The third-order valence-electron chi connectivity index (χ3n) is 2.52. The van der Waals surface area contributed by atoms with Crippen molar-refractivity contribution < 1.29 is 19.7 Å². The van der Waals surface area contributed by atoms with Crippen LogP contribution in [-0.2, 0) is 9.53 Å². The number of rotatable bonds is 9. The molecule has 2 unspecified atom stereocenters. The van der Waals surface area contributed by atoms with Crippen LogP contribution < -0.4 is 0 Å². The lowest BCUT2D eigenvalue weighted by atomic mass is 10.1. The third kappa shape index (κ3) is 11.4. The lowest BCUT2D eigenvalue weighted by Crippen LogP contribution is -2.05. The predicted octanol–water partition coefficient (Wildman–Crippen LogP) is 1.80. The molecule has 0 aromatic carbocycles. The molecule has 2 atom stereocenters. The zero-order valence-electron chi connectivity index (χ0n) is 10.8. The Labute approximate surface area is 103 Å². The Kier molecular flexibility index (Phi) is 9.77. The molecule has 0 aromatic heterocycles. The second kappa shape index (κ2) is 10.3. The number of carbonyl (C=O) groups is 1. The zero-order chi connectivity index (χ0) is 13.1. The monoisotopic (exact) mass is 244 g/mol. The maximum atomic E-state index is 10.7. The molecule has 2 N–H and O–H groups in total. The second-order valence-corrected chi connectivity index (χ2v) is 4.30. The summed E-state index contributed by atoms with van der Waals surface area (Å²) in [6.07, 6.45) is 7.30. The van der Waals surface area contributed by atoms with Crippen molar-refractivity contribution in [1.29, 1.82) is 0 Å². The van der Waals surface area contributed by atoms with Crippen molar-refractivity contribution in [2.75, 3.05) is 7.11 Å². The zero-order valence-corrected chi connectivity index (χ0v) is 10.8. The molecular weight excluding hydrogens is 220 g/mol. The van der Waals surface area contributed by atoms with Gasteiger partial charge in [-0.15, -0.1) is 0 Å². The van der Waals surface area contributed by atoms with Gasteiger partial charge in [0.1, 0.15) is 0 Å². The molecule has 0 aliphatic heterocycles. The highest BCUT2D eigenvalue weighted by atomic mass is 16.5. The summed E-state index contributed by atoms with van der Waals surface area (Å²) in [5, 5.41) is 18.6. The van der Waals surface area contributed by atoms with Crippen LogP contribution in [0.15, 0.2) is 12.2 Å². The number of carbonyl (C=O) groups excluding carboxylic acids is 1. The third-order valence-corrected chi connectivity index (χ3v) is 2.52. The van der Waals surface area contributed by atoms with Crippen molar-refractivity contribution >= 4 is 5.97 Å². The van der Waals surface area contributed by atoms with Crippen LogP contribution in [0, 0.1) is 0 Å². The smallest absolute Gasteiger partial charge is 0.330 e. The average molecular weight is 244 g/mol. The molecule has 0 bridgehead atoms. The highest BCUT2D eigenvalue weighted by Crippen LogP contribution is 2.09. The maximum absolute atomic E-state index is 10.7. The molecule has 0 saturated heterocycles. The van der Waals surface area contributed by atoms with Gasteiger partial charge in [0.2, 0.25) is 0 Å². The van der Waals surface area contributed by atoms with Crippen LogP contribution in [0.3, 0.4) is 0 Å². The summed E-state index contributed by atoms with van der Waals surface area (Å²) < 4.78 is 4.44. The quantitative estimate of drug-likeness (QED) is 0.369. The number of ether oxygens (including phenoxy) is 1. The lowest BCUT2D eigenvalue weighted by Gasteiger charge is -2.08. The number of hydrogen-bond acceptors (Lipinski definition) is 4. The first-order valence-corrected chi connectivity index (χ1v) is 6.17. The van der Waals surface area contributed by atoms with Crippen LogP contribution in [0.4, 0.5) is 0 Å². The minimum absolute atomic E-state index is 0.233. The SMILES string of the molecule is COC(=O)/C=C/CC(O)CCCCCC(C)O. The Morgan fingerprint density at radius 1 is 1.24 bits per heavy atom. The van der Waals surface area contributed by atoms with Crippen LogP contribution in [-0.4, -0.2) is 35.5 Å². The molecule has 0 spiro atoms. The van der Waals surface area contributed by atoms with E-state index in [2.05, 4.69) is 4.74 Å². The molecule has 4 nitrogen and oxygen atoms in total. The summed E-state index contributed by atoms with van der Waals surface area (Å²) in [6, 6.07) is 0. The fourth-order valence-electron chi connectivity index (χ4n) is 1.50. The van der Waals surface area contributed by atoms with E-state index in [0.717, 1.165) is 32.1 Å². The molecule has 0 rings (SSSR count). The predicted molar refractivity (Wildman–Crippen MR) is 66.5 cm³/mol. The first kappa shape index (κ1) is 16.1. The number of aliphatic hydroxyl groups excluding tert-OH is 2. The van der Waals surface area contributed by atoms with Crippen LogP contribution in [0.1, 0.15) is 45.4 Å². The highest BCUT2D eigenvalue weighted by molar-refractivity contribution is 5.81. The van der Waals surface area contributed by atoms with Gasteiger partial charge in [-0.1, -0.05) is 25.3 Å². The van der Waals surface area contributed by atoms with Gasteiger partial charge in [0.25, 0.3) is 0 Å². The lowest BCUT2D eigenvalue weighted by molar-refractivity contribution is -0.134. The number of hydrogen-bond donors (Lipinski definition) is 2. The summed E-state index contributed by atoms with van der Waals surface area (Å²) >= 11 is 0. The van der Waals surface area contributed by atoms with Crippen molar-refractivity contribution in [1.82, 2.24) is 0 Å². The van der Waals surface area contributed by atoms with Crippen LogP contribution in [0.25, 0.3) is 0 Å². The molecule has 0 aliphatic rings. The number of esters is 1. The van der Waals surface area contributed by atoms with Gasteiger partial charge in [-0.05, 0) is 26.2 Å². The van der Waals surface area contributed by atoms with Gasteiger partial charge in [-0.2, -0.15) is 0 Å². The van der Waals surface area contributed by atoms with E-state index in [9.17, 15) is 9.90 Å². The number of unbranched alkanes of at least 4 members (excludes halogenated alkanes) is 2. The minimum atomic E-state index is -0.401. The molecule has 0 fully saturated rings. The summed E-state index contributed by atoms with van der Waals surface area (Å²) in [5.74, 6) is -0.394. The van der Waals surface area contributed by atoms with Crippen LogP contribution >= 0.6 is 0 Å². The van der Waals surface area contributed by atoms with Gasteiger partial charge in [0, 0.05) is 6.08 Å². The van der Waals surface area contributed by atoms with Gasteiger partial charge in [0.15, 0.2) is 0 Å². The summed E-state index contributed by atoms with van der Waals surface area (Å²) in [6.45, 7) is 1.78. The van der Waals surface area contributed by atoms with E-state index in [1.165, 1.54) is 13.2 Å². The van der Waals surface area contributed by atoms with Gasteiger partial charge in [0.05, 0.1) is 19.3 Å². The first-order valence-electron chi connectivity index (χ1n) is 6.17. The molecule has 0 aliphatic carbocycles. The largest absolute Gasteiger partial charge is 0.466 e. The minimum Gasteiger partial charge on any atom is -0.466 e. The molecule has 0 radical (unpaired) electrons. The fourth-order valence-corrected chi connectivity index (χ4v) is 1.50. The van der Waals surface area contributed by atoms with Gasteiger partial charge in [-0.25, -0.2) is 4.79 Å². The van der Waals surface area contributed by atoms with E-state index in [-0.39, 0.29) is 6.10 Å². The van der Waals surface area contributed by atoms with E-state index in [4.69, 9.17) is 5.11 Å². The maximum Gasteiger partial charge on any atom is 0.330 e. The van der Waals surface area contributed by atoms with E-state index in [1.54, 1.807) is 13.0 Å². The molecule has 0 heterocycles. The molecule has 0 saturated carbocycles. The molecular formula is C13H24O4. The molecule has 0 amide bonds. The Bertz CT molecular complexity index is 223. The van der Waals surface area contributed by atoms with Crippen molar-refractivity contribution in [2.45, 2.75) is 57.7 Å². The van der Waals surface area contributed by atoms with Crippen LogP contribution in [0.5, 0.6) is 0 Å². The first-order chi connectivity index (χ1) is 8.06. The van der Waals surface area contributed by atoms with Crippen molar-refractivity contribution in [3.63, 3.8) is 0 Å². The van der Waals surface area contributed by atoms with Gasteiger partial charge < -0.3 is 14.9 Å². The van der Waals surface area contributed by atoms with E-state index in [0.29, 0.717) is 6.42 Å². The van der Waals surface area contributed by atoms with Crippen molar-refractivity contribution in [2.24, 2.45) is 0 Å². The van der Waals surface area contributed by atoms with E-state index >= 15 is 0 Å². The van der Waals surface area contributed by atoms with Crippen LogP contribution in [0.2, 0.25) is 0 Å². The van der Waals surface area contributed by atoms with Gasteiger partial charge in [-0.3, -0.25) is 0 Å². The molecule has 4 heteroatoms. The van der Waals surface area contributed by atoms with Gasteiger partial charge >= 0.3 is 5.97 Å². The Hall–Kier alpha value is -0.870. The normalized spacial score (nSPS) is 14.8. The molecule has 0 aromatic rings. The number of aliphatic hydroxyl groups is 2. The topological polar surface area (TPSA) is 66.8 Å². The standard InChI is InChI=1S/C13H24O4/c1-11(14)7-4-3-5-8-12(15)9-6-10-13(16)17-2/h6,10-12,14-15H,3-5,7-9H2,1-2H3/b10-6+. The molecule has 17 heavy (non-hydrogen) atoms. The average Bonchev–Trinajstić information content (AvgIpc) is 2.27. The summed E-state index contributed by atoms with van der Waals surface area (Å²) in [4.78, 5) is 10.7. The van der Waals surface area contributed by atoms with Crippen molar-refractivity contribution in [3.05, 3.63) is 12.2 Å². The Morgan fingerprint density at radius 3 is 2.47 bits per heavy atom. The fraction of sp³-hybridized carbons (Fsp3) is 0.769. The van der Waals surface area contributed by atoms with E-state index < -0.39 is 12.1 Å². The highest BCUT2D eigenvalue weighted by Gasteiger charge is 2.02. The molecule has 100 valence electrons. The summed E-state index contributed by atoms with van der Waals surface area (Å²) in [5.41, 5.74) is 0. The van der Waals surface area contributed by atoms with E-state index in [1.807, 2.05) is 0 Å². The van der Waals surface area contributed by atoms with Crippen molar-refractivity contribution in [3.8, 4) is 0 Å². The number of methoxy groups -OCH3 is 1. The second-order valence-electron chi connectivity index (χ2n) is 4.30. The summed E-state index contributed by atoms with van der Waals surface area (Å²) in [7, 11) is 1.32.